The van der Waals surface area contributed by atoms with Gasteiger partial charge in [-0.3, -0.25) is 4.79 Å². The van der Waals surface area contributed by atoms with Gasteiger partial charge in [-0.15, -0.1) is 11.8 Å². The van der Waals surface area contributed by atoms with E-state index in [1.165, 1.54) is 6.20 Å². The van der Waals surface area contributed by atoms with Gasteiger partial charge in [0, 0.05) is 30.1 Å². The Hall–Kier alpha value is -2.68. The van der Waals surface area contributed by atoms with E-state index >= 15 is 0 Å². The third-order valence-electron chi connectivity index (χ3n) is 3.41. The molecule has 3 rings (SSSR count). The van der Waals surface area contributed by atoms with Crippen molar-refractivity contribution in [1.82, 2.24) is 4.98 Å². The summed E-state index contributed by atoms with van der Waals surface area (Å²) in [5, 5.41) is 3.05. The SMILES string of the molecule is O=C(Nc1ccc2c(c1)OCO2)c1cccnc1SCCC(F)=C(F)F. The smallest absolute Gasteiger partial charge is 0.301 e. The summed E-state index contributed by atoms with van der Waals surface area (Å²) >= 11 is 1.03. The Morgan fingerprint density at radius 1 is 1.19 bits per heavy atom. The molecule has 26 heavy (non-hydrogen) atoms. The average Bonchev–Trinajstić information content (AvgIpc) is 3.09. The van der Waals surface area contributed by atoms with Crippen LogP contribution in [0.2, 0.25) is 0 Å². The minimum atomic E-state index is -2.33. The molecule has 1 N–H and O–H groups in total. The largest absolute Gasteiger partial charge is 0.454 e. The van der Waals surface area contributed by atoms with E-state index in [2.05, 4.69) is 10.3 Å². The van der Waals surface area contributed by atoms with E-state index in [4.69, 9.17) is 9.47 Å². The lowest BCUT2D eigenvalue weighted by Crippen LogP contribution is -2.13. The number of nitrogens with one attached hydrogen (secondary N) is 1. The van der Waals surface area contributed by atoms with Crippen molar-refractivity contribution in [2.24, 2.45) is 0 Å². The molecule has 9 heteroatoms. The van der Waals surface area contributed by atoms with Crippen LogP contribution >= 0.6 is 11.8 Å². The van der Waals surface area contributed by atoms with Crippen LogP contribution < -0.4 is 14.8 Å². The molecule has 136 valence electrons. The van der Waals surface area contributed by atoms with Crippen molar-refractivity contribution >= 4 is 23.4 Å². The molecule has 1 aliphatic heterocycles. The zero-order valence-corrected chi connectivity index (χ0v) is 14.1. The van der Waals surface area contributed by atoms with Crippen molar-refractivity contribution in [3.8, 4) is 11.5 Å². The van der Waals surface area contributed by atoms with Crippen LogP contribution in [0.5, 0.6) is 11.5 Å². The Morgan fingerprint density at radius 2 is 2.00 bits per heavy atom. The fourth-order valence-electron chi connectivity index (χ4n) is 2.18. The summed E-state index contributed by atoms with van der Waals surface area (Å²) < 4.78 is 47.5. The summed E-state index contributed by atoms with van der Waals surface area (Å²) in [5.41, 5.74) is 0.771. The molecule has 2 aromatic rings. The third kappa shape index (κ3) is 4.29. The standard InChI is InChI=1S/C17H13F3N2O3S/c18-12(15(19)20)5-7-26-17-11(2-1-6-21-17)16(23)22-10-3-4-13-14(8-10)25-9-24-13/h1-4,6,8H,5,7,9H2,(H,22,23). The van der Waals surface area contributed by atoms with Gasteiger partial charge in [-0.2, -0.15) is 8.78 Å². The Balaban J connectivity index is 1.68. The first-order valence-corrected chi connectivity index (χ1v) is 8.51. The second-order valence-electron chi connectivity index (χ2n) is 5.14. The number of hydrogen-bond donors (Lipinski definition) is 1. The molecule has 0 saturated heterocycles. The van der Waals surface area contributed by atoms with E-state index in [-0.39, 0.29) is 18.1 Å². The first kappa shape index (κ1) is 18.1. The highest BCUT2D eigenvalue weighted by Crippen LogP contribution is 2.34. The zero-order chi connectivity index (χ0) is 18.5. The first-order valence-electron chi connectivity index (χ1n) is 7.53. The summed E-state index contributed by atoms with van der Waals surface area (Å²) in [5.74, 6) is -0.730. The zero-order valence-electron chi connectivity index (χ0n) is 13.3. The van der Waals surface area contributed by atoms with Gasteiger partial charge in [0.1, 0.15) is 5.03 Å². The molecule has 1 amide bonds. The topological polar surface area (TPSA) is 60.5 Å². The van der Waals surface area contributed by atoms with E-state index in [0.717, 1.165) is 11.8 Å². The first-order chi connectivity index (χ1) is 12.5. The minimum absolute atomic E-state index is 0.0322. The molecule has 0 atom stereocenters. The molecule has 0 aliphatic carbocycles. The molecule has 0 spiro atoms. The Labute approximate surface area is 151 Å². The van der Waals surface area contributed by atoms with Crippen molar-refractivity contribution < 1.29 is 27.4 Å². The Bertz CT molecular complexity index is 857. The van der Waals surface area contributed by atoms with E-state index in [1.807, 2.05) is 0 Å². The van der Waals surface area contributed by atoms with Crippen molar-refractivity contribution in [3.05, 3.63) is 54.0 Å². The van der Waals surface area contributed by atoms with E-state index in [1.54, 1.807) is 30.3 Å². The van der Waals surface area contributed by atoms with Gasteiger partial charge in [0.05, 0.1) is 5.56 Å². The molecule has 1 aromatic heterocycles. The lowest BCUT2D eigenvalue weighted by Gasteiger charge is -2.09. The summed E-state index contributed by atoms with van der Waals surface area (Å²) in [6, 6.07) is 8.11. The number of hydrogen-bond acceptors (Lipinski definition) is 5. The maximum Gasteiger partial charge on any atom is 0.301 e. The number of anilines is 1. The van der Waals surface area contributed by atoms with Crippen molar-refractivity contribution in [3.63, 3.8) is 0 Å². The highest BCUT2D eigenvalue weighted by Gasteiger charge is 2.17. The number of thioether (sulfide) groups is 1. The minimum Gasteiger partial charge on any atom is -0.454 e. The summed E-state index contributed by atoms with van der Waals surface area (Å²) in [7, 11) is 0. The van der Waals surface area contributed by atoms with Gasteiger partial charge in [0.2, 0.25) is 6.79 Å². The van der Waals surface area contributed by atoms with Crippen LogP contribution in [-0.4, -0.2) is 23.4 Å². The highest BCUT2D eigenvalue weighted by molar-refractivity contribution is 7.99. The van der Waals surface area contributed by atoms with Crippen LogP contribution in [0, 0.1) is 0 Å². The number of benzene rings is 1. The lowest BCUT2D eigenvalue weighted by molar-refractivity contribution is 0.102. The number of carbonyl (C=O) groups excluding carboxylic acids is 1. The molecular formula is C17H13F3N2O3S. The second kappa shape index (κ2) is 8.13. The van der Waals surface area contributed by atoms with Gasteiger partial charge >= 0.3 is 6.08 Å². The molecule has 0 unspecified atom stereocenters. The van der Waals surface area contributed by atoms with E-state index in [0.29, 0.717) is 22.2 Å². The average molecular weight is 382 g/mol. The number of amides is 1. The van der Waals surface area contributed by atoms with E-state index < -0.39 is 24.2 Å². The van der Waals surface area contributed by atoms with Crippen molar-refractivity contribution in [1.29, 1.82) is 0 Å². The third-order valence-corrected chi connectivity index (χ3v) is 4.42. The summed E-state index contributed by atoms with van der Waals surface area (Å²) in [6.45, 7) is 0.126. The van der Waals surface area contributed by atoms with E-state index in [9.17, 15) is 18.0 Å². The van der Waals surface area contributed by atoms with Crippen LogP contribution in [0.3, 0.4) is 0 Å². The maximum atomic E-state index is 12.9. The summed E-state index contributed by atoms with van der Waals surface area (Å²) in [4.78, 5) is 16.6. The van der Waals surface area contributed by atoms with Crippen LogP contribution in [0.25, 0.3) is 0 Å². The predicted molar refractivity (Wildman–Crippen MR) is 90.4 cm³/mol. The molecule has 1 aliphatic rings. The molecule has 0 fully saturated rings. The normalized spacial score (nSPS) is 12.0. The van der Waals surface area contributed by atoms with Crippen LogP contribution in [-0.2, 0) is 0 Å². The quantitative estimate of drug-likeness (QED) is 0.739. The number of rotatable bonds is 6. The van der Waals surface area contributed by atoms with Crippen molar-refractivity contribution in [2.75, 3.05) is 17.9 Å². The lowest BCUT2D eigenvalue weighted by atomic mass is 10.2. The number of aromatic nitrogens is 1. The highest BCUT2D eigenvalue weighted by atomic mass is 32.2. The number of pyridine rings is 1. The fourth-order valence-corrected chi connectivity index (χ4v) is 3.11. The fraction of sp³-hybridized carbons (Fsp3) is 0.176. The molecule has 5 nitrogen and oxygen atoms in total. The second-order valence-corrected chi connectivity index (χ2v) is 6.23. The number of ether oxygens (including phenoxy) is 2. The molecule has 2 heterocycles. The van der Waals surface area contributed by atoms with Crippen LogP contribution in [0.4, 0.5) is 18.9 Å². The molecule has 0 bridgehead atoms. The van der Waals surface area contributed by atoms with Gasteiger partial charge in [-0.1, -0.05) is 0 Å². The summed E-state index contributed by atoms with van der Waals surface area (Å²) in [6.07, 6.45) is -1.29. The van der Waals surface area contributed by atoms with Gasteiger partial charge in [-0.25, -0.2) is 9.37 Å². The molecule has 0 saturated carbocycles. The van der Waals surface area contributed by atoms with Gasteiger partial charge in [-0.05, 0) is 24.3 Å². The van der Waals surface area contributed by atoms with Crippen LogP contribution in [0.1, 0.15) is 16.8 Å². The molecule has 1 aromatic carbocycles. The number of allylic oxidation sites excluding steroid dienone is 1. The number of carbonyl (C=O) groups is 1. The van der Waals surface area contributed by atoms with Gasteiger partial charge in [0.15, 0.2) is 17.3 Å². The number of fused-ring (bicyclic) bond motifs is 1. The Kier molecular flexibility index (Phi) is 5.67. The predicted octanol–water partition coefficient (Wildman–Crippen LogP) is 4.62. The number of halogens is 3. The van der Waals surface area contributed by atoms with Gasteiger partial charge < -0.3 is 14.8 Å². The van der Waals surface area contributed by atoms with Gasteiger partial charge in [0.25, 0.3) is 5.91 Å². The maximum absolute atomic E-state index is 12.9. The molecule has 0 radical (unpaired) electrons. The van der Waals surface area contributed by atoms with Crippen LogP contribution in [0.15, 0.2) is 53.5 Å². The molecular weight excluding hydrogens is 369 g/mol. The monoisotopic (exact) mass is 382 g/mol. The van der Waals surface area contributed by atoms with Crippen molar-refractivity contribution in [2.45, 2.75) is 11.4 Å². The Morgan fingerprint density at radius 3 is 2.81 bits per heavy atom. The number of nitrogens with zero attached hydrogens (tertiary/aromatic N) is 1.